The molecule has 0 radical (unpaired) electrons. The quantitative estimate of drug-likeness (QED) is 0.813. The molecule has 5 nitrogen and oxygen atoms in total. The van der Waals surface area contributed by atoms with Gasteiger partial charge in [-0.05, 0) is 24.6 Å². The van der Waals surface area contributed by atoms with E-state index < -0.39 is 12.0 Å². The molecule has 0 unspecified atom stereocenters. The lowest BCUT2D eigenvalue weighted by molar-refractivity contribution is -0.145. The summed E-state index contributed by atoms with van der Waals surface area (Å²) < 4.78 is 4.84. The Morgan fingerprint density at radius 1 is 1.14 bits per heavy atom. The van der Waals surface area contributed by atoms with Gasteiger partial charge in [-0.1, -0.05) is 30.3 Å². The molecule has 0 aliphatic heterocycles. The zero-order chi connectivity index (χ0) is 16.1. The smallest absolute Gasteiger partial charge is 0.333 e. The van der Waals surface area contributed by atoms with Crippen LogP contribution in [0.1, 0.15) is 27.7 Å². The molecule has 1 atom stereocenters. The molecule has 0 fully saturated rings. The van der Waals surface area contributed by atoms with E-state index in [4.69, 9.17) is 4.74 Å². The van der Waals surface area contributed by atoms with Crippen LogP contribution < -0.4 is 0 Å². The van der Waals surface area contributed by atoms with Gasteiger partial charge in [0.1, 0.15) is 0 Å². The maximum absolute atomic E-state index is 12.6. The first-order valence-electron chi connectivity index (χ1n) is 6.87. The summed E-state index contributed by atoms with van der Waals surface area (Å²) in [6.07, 6.45) is 1.51. The Balaban J connectivity index is 2.33. The average Bonchev–Trinajstić information content (AvgIpc) is 2.55. The second-order valence-corrected chi connectivity index (χ2v) is 4.94. The number of hydrogen-bond acceptors (Lipinski definition) is 4. The van der Waals surface area contributed by atoms with Crippen molar-refractivity contribution in [3.8, 4) is 0 Å². The molecular formula is C17H18N2O3. The summed E-state index contributed by atoms with van der Waals surface area (Å²) in [4.78, 5) is 30.2. The Bertz CT molecular complexity index is 653. The predicted molar refractivity (Wildman–Crippen MR) is 82.3 cm³/mol. The predicted octanol–water partition coefficient (Wildman–Crippen LogP) is 2.38. The van der Waals surface area contributed by atoms with Crippen LogP contribution in [0.5, 0.6) is 0 Å². The zero-order valence-electron chi connectivity index (χ0n) is 12.8. The Morgan fingerprint density at radius 3 is 2.36 bits per heavy atom. The maximum atomic E-state index is 12.6. The Morgan fingerprint density at radius 2 is 1.82 bits per heavy atom. The first-order chi connectivity index (χ1) is 10.5. The van der Waals surface area contributed by atoms with Gasteiger partial charge in [0.05, 0.1) is 12.7 Å². The number of nitrogens with zero attached hydrogens (tertiary/aromatic N) is 2. The number of carbonyl (C=O) groups is 2. The molecule has 22 heavy (non-hydrogen) atoms. The average molecular weight is 298 g/mol. The largest absolute Gasteiger partial charge is 0.467 e. The first kappa shape index (κ1) is 15.7. The van der Waals surface area contributed by atoms with Crippen molar-refractivity contribution in [1.29, 1.82) is 0 Å². The van der Waals surface area contributed by atoms with Gasteiger partial charge in [0.25, 0.3) is 5.91 Å². The number of amides is 1. The second-order valence-electron chi connectivity index (χ2n) is 4.94. The molecule has 2 rings (SSSR count). The van der Waals surface area contributed by atoms with Crippen LogP contribution in [-0.4, -0.2) is 35.9 Å². The third-order valence-corrected chi connectivity index (χ3v) is 3.41. The standard InChI is InChI=1S/C17H18N2O3/c1-12-9-10-14(11-18-12)16(20)19(2)15(17(21)22-3)13-7-5-4-6-8-13/h4-11,15H,1-3H3/t15-/m0/s1. The number of hydrogen-bond donors (Lipinski definition) is 0. The number of carbonyl (C=O) groups excluding carboxylic acids is 2. The van der Waals surface area contributed by atoms with Crippen LogP contribution in [0.15, 0.2) is 48.7 Å². The van der Waals surface area contributed by atoms with Crippen LogP contribution in [0.25, 0.3) is 0 Å². The zero-order valence-corrected chi connectivity index (χ0v) is 12.8. The molecule has 1 aromatic heterocycles. The molecule has 0 saturated carbocycles. The number of benzene rings is 1. The van der Waals surface area contributed by atoms with E-state index in [2.05, 4.69) is 4.98 Å². The van der Waals surface area contributed by atoms with Crippen molar-refractivity contribution in [2.45, 2.75) is 13.0 Å². The van der Waals surface area contributed by atoms with Crippen molar-refractivity contribution in [3.63, 3.8) is 0 Å². The molecule has 1 amide bonds. The van der Waals surface area contributed by atoms with Gasteiger partial charge >= 0.3 is 5.97 Å². The summed E-state index contributed by atoms with van der Waals surface area (Å²) >= 11 is 0. The number of pyridine rings is 1. The third-order valence-electron chi connectivity index (χ3n) is 3.41. The molecule has 0 N–H and O–H groups in total. The van der Waals surface area contributed by atoms with E-state index in [1.165, 1.54) is 18.2 Å². The van der Waals surface area contributed by atoms with Crippen LogP contribution in [0.2, 0.25) is 0 Å². The highest BCUT2D eigenvalue weighted by Gasteiger charge is 2.30. The van der Waals surface area contributed by atoms with E-state index in [1.807, 2.05) is 25.1 Å². The molecule has 0 bridgehead atoms. The van der Waals surface area contributed by atoms with Gasteiger partial charge in [-0.2, -0.15) is 0 Å². The highest BCUT2D eigenvalue weighted by atomic mass is 16.5. The molecule has 114 valence electrons. The summed E-state index contributed by atoms with van der Waals surface area (Å²) in [5, 5.41) is 0. The van der Waals surface area contributed by atoms with Crippen LogP contribution in [0.3, 0.4) is 0 Å². The highest BCUT2D eigenvalue weighted by molar-refractivity contribution is 5.96. The summed E-state index contributed by atoms with van der Waals surface area (Å²) in [5.74, 6) is -0.770. The fourth-order valence-electron chi connectivity index (χ4n) is 2.18. The number of likely N-dealkylation sites (N-methyl/N-ethyl adjacent to an activating group) is 1. The second kappa shape index (κ2) is 6.85. The van der Waals surface area contributed by atoms with Gasteiger partial charge in [-0.15, -0.1) is 0 Å². The monoisotopic (exact) mass is 298 g/mol. The normalized spacial score (nSPS) is 11.6. The number of rotatable bonds is 4. The van der Waals surface area contributed by atoms with E-state index in [0.29, 0.717) is 11.1 Å². The van der Waals surface area contributed by atoms with E-state index in [1.54, 1.807) is 31.3 Å². The van der Waals surface area contributed by atoms with Gasteiger partial charge in [-0.3, -0.25) is 9.78 Å². The topological polar surface area (TPSA) is 59.5 Å². The third kappa shape index (κ3) is 3.31. The highest BCUT2D eigenvalue weighted by Crippen LogP contribution is 2.22. The van der Waals surface area contributed by atoms with Gasteiger partial charge < -0.3 is 9.64 Å². The fourth-order valence-corrected chi connectivity index (χ4v) is 2.18. The maximum Gasteiger partial charge on any atom is 0.333 e. The molecule has 5 heteroatoms. The van der Waals surface area contributed by atoms with Crippen LogP contribution in [0, 0.1) is 6.92 Å². The van der Waals surface area contributed by atoms with Crippen molar-refractivity contribution in [1.82, 2.24) is 9.88 Å². The molecule has 0 spiro atoms. The SMILES string of the molecule is COC(=O)[C@H](c1ccccc1)N(C)C(=O)c1ccc(C)nc1. The molecular weight excluding hydrogens is 280 g/mol. The van der Waals surface area contributed by atoms with Crippen LogP contribution in [0.4, 0.5) is 0 Å². The van der Waals surface area contributed by atoms with E-state index in [9.17, 15) is 9.59 Å². The molecule has 1 heterocycles. The van der Waals surface area contributed by atoms with Gasteiger partial charge in [0, 0.05) is 18.9 Å². The number of esters is 1. The van der Waals surface area contributed by atoms with Crippen molar-refractivity contribution < 1.29 is 14.3 Å². The Kier molecular flexibility index (Phi) is 4.88. The molecule has 0 aliphatic rings. The molecule has 0 saturated heterocycles. The minimum Gasteiger partial charge on any atom is -0.467 e. The van der Waals surface area contributed by atoms with E-state index in [0.717, 1.165) is 5.69 Å². The number of aryl methyl sites for hydroxylation is 1. The molecule has 2 aromatic rings. The number of ether oxygens (including phenoxy) is 1. The Labute approximate surface area is 129 Å². The lowest BCUT2D eigenvalue weighted by Crippen LogP contribution is -2.36. The summed E-state index contributed by atoms with van der Waals surface area (Å²) in [7, 11) is 2.89. The van der Waals surface area contributed by atoms with Crippen molar-refractivity contribution in [3.05, 3.63) is 65.5 Å². The minimum atomic E-state index is -0.792. The summed E-state index contributed by atoms with van der Waals surface area (Å²) in [6, 6.07) is 11.7. The van der Waals surface area contributed by atoms with E-state index >= 15 is 0 Å². The lowest BCUT2D eigenvalue weighted by Gasteiger charge is -2.26. The van der Waals surface area contributed by atoms with Crippen molar-refractivity contribution >= 4 is 11.9 Å². The first-order valence-corrected chi connectivity index (χ1v) is 6.87. The fraction of sp³-hybridized carbons (Fsp3) is 0.235. The summed E-state index contributed by atoms with van der Waals surface area (Å²) in [5.41, 5.74) is 1.95. The molecule has 0 aliphatic carbocycles. The van der Waals surface area contributed by atoms with Crippen molar-refractivity contribution in [2.75, 3.05) is 14.2 Å². The van der Waals surface area contributed by atoms with Crippen LogP contribution in [-0.2, 0) is 9.53 Å². The number of aromatic nitrogens is 1. The Hall–Kier alpha value is -2.69. The van der Waals surface area contributed by atoms with E-state index in [-0.39, 0.29) is 5.91 Å². The number of methoxy groups -OCH3 is 1. The van der Waals surface area contributed by atoms with Gasteiger partial charge in [-0.25, -0.2) is 4.79 Å². The van der Waals surface area contributed by atoms with Crippen molar-refractivity contribution in [2.24, 2.45) is 0 Å². The summed E-state index contributed by atoms with van der Waals surface area (Å²) in [6.45, 7) is 1.85. The molecule has 1 aromatic carbocycles. The lowest BCUT2D eigenvalue weighted by atomic mass is 10.0. The van der Waals surface area contributed by atoms with Crippen LogP contribution >= 0.6 is 0 Å². The minimum absolute atomic E-state index is 0.285. The van der Waals surface area contributed by atoms with Gasteiger partial charge in [0.15, 0.2) is 6.04 Å². The van der Waals surface area contributed by atoms with Gasteiger partial charge in [0.2, 0.25) is 0 Å².